The molecule has 0 N–H and O–H groups in total. The Morgan fingerprint density at radius 2 is 2.07 bits per heavy atom. The smallest absolute Gasteiger partial charge is 0.222 e. The maximum Gasteiger partial charge on any atom is 0.222 e. The Balaban J connectivity index is 2.00. The maximum atomic E-state index is 11.6. The molecule has 80 valence electrons. The van der Waals surface area contributed by atoms with Crippen molar-refractivity contribution in [2.75, 3.05) is 13.1 Å². The van der Waals surface area contributed by atoms with Crippen molar-refractivity contribution < 1.29 is 4.79 Å². The molecule has 0 radical (unpaired) electrons. The summed E-state index contributed by atoms with van der Waals surface area (Å²) >= 11 is 0. The van der Waals surface area contributed by atoms with Gasteiger partial charge in [0, 0.05) is 19.5 Å². The van der Waals surface area contributed by atoms with E-state index in [0.717, 1.165) is 36.8 Å². The molecule has 1 aliphatic carbocycles. The molecule has 1 amide bonds. The van der Waals surface area contributed by atoms with E-state index in [1.165, 1.54) is 6.42 Å². The molecule has 0 aromatic rings. The van der Waals surface area contributed by atoms with Gasteiger partial charge in [0.15, 0.2) is 0 Å². The molecule has 2 rings (SSSR count). The van der Waals surface area contributed by atoms with Crippen LogP contribution in [0.1, 0.15) is 33.6 Å². The molecule has 0 aromatic heterocycles. The fourth-order valence-electron chi connectivity index (χ4n) is 3.28. The van der Waals surface area contributed by atoms with Crippen LogP contribution >= 0.6 is 0 Å². The summed E-state index contributed by atoms with van der Waals surface area (Å²) < 4.78 is 0. The third-order valence-corrected chi connectivity index (χ3v) is 4.39. The van der Waals surface area contributed by atoms with Crippen LogP contribution in [0.5, 0.6) is 0 Å². The van der Waals surface area contributed by atoms with Crippen molar-refractivity contribution in [1.82, 2.24) is 4.90 Å². The first-order valence-corrected chi connectivity index (χ1v) is 5.91. The molecule has 4 unspecified atom stereocenters. The number of carbonyl (C=O) groups excluding carboxylic acids is 1. The second-order valence-corrected chi connectivity index (χ2v) is 5.15. The average molecular weight is 195 g/mol. The Labute approximate surface area is 86.7 Å². The van der Waals surface area contributed by atoms with Gasteiger partial charge in [0.1, 0.15) is 0 Å². The Bertz CT molecular complexity index is 238. The maximum absolute atomic E-state index is 11.6. The normalized spacial score (nSPS) is 41.5. The zero-order valence-electron chi connectivity index (χ0n) is 9.49. The van der Waals surface area contributed by atoms with E-state index in [-0.39, 0.29) is 0 Å². The highest BCUT2D eigenvalue weighted by Gasteiger charge is 2.44. The molecule has 4 atom stereocenters. The van der Waals surface area contributed by atoms with Crippen LogP contribution in [0.4, 0.5) is 0 Å². The van der Waals surface area contributed by atoms with Crippen molar-refractivity contribution in [3.8, 4) is 0 Å². The van der Waals surface area contributed by atoms with E-state index in [9.17, 15) is 4.79 Å². The Morgan fingerprint density at radius 3 is 2.64 bits per heavy atom. The van der Waals surface area contributed by atoms with Crippen LogP contribution in [0, 0.1) is 23.7 Å². The molecule has 2 heteroatoms. The number of rotatable bonds is 1. The standard InChI is InChI=1S/C12H21NO/c1-4-12(14)13-6-10-5-8(2)9(3)11(10)7-13/h8-11H,4-7H2,1-3H3. The molecule has 2 aliphatic rings. The number of likely N-dealkylation sites (tertiary alicyclic amines) is 1. The van der Waals surface area contributed by atoms with Crippen molar-refractivity contribution >= 4 is 5.91 Å². The molecule has 0 aromatic carbocycles. The SMILES string of the molecule is CCC(=O)N1CC2CC(C)C(C)C2C1. The topological polar surface area (TPSA) is 20.3 Å². The van der Waals surface area contributed by atoms with E-state index in [2.05, 4.69) is 18.7 Å². The van der Waals surface area contributed by atoms with Gasteiger partial charge in [0.05, 0.1) is 0 Å². The van der Waals surface area contributed by atoms with Gasteiger partial charge in [-0.05, 0) is 30.1 Å². The van der Waals surface area contributed by atoms with E-state index in [1.807, 2.05) is 6.92 Å². The lowest BCUT2D eigenvalue weighted by atomic mass is 9.91. The van der Waals surface area contributed by atoms with Crippen LogP contribution in [0.25, 0.3) is 0 Å². The van der Waals surface area contributed by atoms with Crippen molar-refractivity contribution in [2.45, 2.75) is 33.6 Å². The Morgan fingerprint density at radius 1 is 1.36 bits per heavy atom. The first-order valence-electron chi connectivity index (χ1n) is 5.91. The van der Waals surface area contributed by atoms with Crippen molar-refractivity contribution in [3.63, 3.8) is 0 Å². The van der Waals surface area contributed by atoms with Crippen LogP contribution in [0.3, 0.4) is 0 Å². The summed E-state index contributed by atoms with van der Waals surface area (Å²) in [6.45, 7) is 8.74. The molecular formula is C12H21NO. The van der Waals surface area contributed by atoms with Crippen molar-refractivity contribution in [3.05, 3.63) is 0 Å². The van der Waals surface area contributed by atoms with E-state index in [4.69, 9.17) is 0 Å². The highest BCUT2D eigenvalue weighted by molar-refractivity contribution is 5.76. The van der Waals surface area contributed by atoms with Crippen LogP contribution in [-0.4, -0.2) is 23.9 Å². The predicted octanol–water partition coefficient (Wildman–Crippen LogP) is 2.15. The summed E-state index contributed by atoms with van der Waals surface area (Å²) in [5.74, 6) is 3.62. The third-order valence-electron chi connectivity index (χ3n) is 4.39. The quantitative estimate of drug-likeness (QED) is 0.628. The van der Waals surface area contributed by atoms with Crippen LogP contribution in [0.15, 0.2) is 0 Å². The van der Waals surface area contributed by atoms with Crippen LogP contribution in [-0.2, 0) is 4.79 Å². The summed E-state index contributed by atoms with van der Waals surface area (Å²) in [5, 5.41) is 0. The minimum absolute atomic E-state index is 0.347. The first kappa shape index (κ1) is 10.0. The van der Waals surface area contributed by atoms with Gasteiger partial charge in [-0.2, -0.15) is 0 Å². The molecular weight excluding hydrogens is 174 g/mol. The molecule has 1 saturated heterocycles. The van der Waals surface area contributed by atoms with Gasteiger partial charge in [-0.1, -0.05) is 20.8 Å². The molecule has 2 fully saturated rings. The lowest BCUT2D eigenvalue weighted by Gasteiger charge is -2.20. The van der Waals surface area contributed by atoms with Gasteiger partial charge in [-0.25, -0.2) is 0 Å². The highest BCUT2D eigenvalue weighted by Crippen LogP contribution is 2.45. The molecule has 14 heavy (non-hydrogen) atoms. The second-order valence-electron chi connectivity index (χ2n) is 5.15. The van der Waals surface area contributed by atoms with E-state index < -0.39 is 0 Å². The summed E-state index contributed by atoms with van der Waals surface area (Å²) in [6.07, 6.45) is 2.00. The van der Waals surface area contributed by atoms with Gasteiger partial charge in [-0.15, -0.1) is 0 Å². The molecule has 1 aliphatic heterocycles. The molecule has 0 bridgehead atoms. The first-order chi connectivity index (χ1) is 6.63. The summed E-state index contributed by atoms with van der Waals surface area (Å²) in [6, 6.07) is 0. The number of hydrogen-bond acceptors (Lipinski definition) is 1. The minimum Gasteiger partial charge on any atom is -0.342 e. The molecule has 0 spiro atoms. The molecule has 2 nitrogen and oxygen atoms in total. The monoisotopic (exact) mass is 195 g/mol. The molecule has 1 heterocycles. The summed E-state index contributed by atoms with van der Waals surface area (Å²) in [4.78, 5) is 13.6. The minimum atomic E-state index is 0.347. The number of carbonyl (C=O) groups is 1. The van der Waals surface area contributed by atoms with E-state index in [0.29, 0.717) is 12.3 Å². The van der Waals surface area contributed by atoms with Gasteiger partial charge in [-0.3, -0.25) is 4.79 Å². The van der Waals surface area contributed by atoms with Crippen molar-refractivity contribution in [2.24, 2.45) is 23.7 Å². The zero-order chi connectivity index (χ0) is 10.3. The number of nitrogens with zero attached hydrogens (tertiary/aromatic N) is 1. The van der Waals surface area contributed by atoms with Crippen LogP contribution in [0.2, 0.25) is 0 Å². The zero-order valence-corrected chi connectivity index (χ0v) is 9.49. The summed E-state index contributed by atoms with van der Waals surface area (Å²) in [7, 11) is 0. The van der Waals surface area contributed by atoms with Gasteiger partial charge in [0.2, 0.25) is 5.91 Å². The van der Waals surface area contributed by atoms with Gasteiger partial charge >= 0.3 is 0 Å². The molecule has 1 saturated carbocycles. The second kappa shape index (κ2) is 3.56. The van der Waals surface area contributed by atoms with E-state index in [1.54, 1.807) is 0 Å². The number of fused-ring (bicyclic) bond motifs is 1. The fourth-order valence-corrected chi connectivity index (χ4v) is 3.28. The van der Waals surface area contributed by atoms with Gasteiger partial charge < -0.3 is 4.90 Å². The largest absolute Gasteiger partial charge is 0.342 e. The third kappa shape index (κ3) is 1.45. The van der Waals surface area contributed by atoms with E-state index >= 15 is 0 Å². The Hall–Kier alpha value is -0.530. The predicted molar refractivity (Wildman–Crippen MR) is 56.8 cm³/mol. The highest BCUT2D eigenvalue weighted by atomic mass is 16.2. The van der Waals surface area contributed by atoms with Gasteiger partial charge in [0.25, 0.3) is 0 Å². The lowest BCUT2D eigenvalue weighted by molar-refractivity contribution is -0.130. The average Bonchev–Trinajstić information content (AvgIpc) is 2.68. The Kier molecular flexibility index (Phi) is 2.54. The van der Waals surface area contributed by atoms with Crippen LogP contribution < -0.4 is 0 Å². The summed E-state index contributed by atoms with van der Waals surface area (Å²) in [5.41, 5.74) is 0. The fraction of sp³-hybridized carbons (Fsp3) is 0.917. The number of amides is 1. The lowest BCUT2D eigenvalue weighted by Crippen LogP contribution is -2.30. The van der Waals surface area contributed by atoms with Crippen molar-refractivity contribution in [1.29, 1.82) is 0 Å². The number of hydrogen-bond donors (Lipinski definition) is 0.